The summed E-state index contributed by atoms with van der Waals surface area (Å²) in [6.45, 7) is 3.06. The minimum atomic E-state index is -0.387. The van der Waals surface area contributed by atoms with Crippen LogP contribution in [0, 0.1) is 0 Å². The number of nitrogens with zero attached hydrogens (tertiary/aromatic N) is 4. The number of ether oxygens (including phenoxy) is 1. The number of morpholine rings is 1. The van der Waals surface area contributed by atoms with E-state index < -0.39 is 0 Å². The summed E-state index contributed by atoms with van der Waals surface area (Å²) >= 11 is 1.59. The summed E-state index contributed by atoms with van der Waals surface area (Å²) < 4.78 is 7.61. The molecule has 2 aromatic carbocycles. The fourth-order valence-electron chi connectivity index (χ4n) is 3.36. The summed E-state index contributed by atoms with van der Waals surface area (Å²) in [6.07, 6.45) is 0. The second kappa shape index (κ2) is 8.29. The number of aromatic nitrogens is 3. The molecular formula is C22H19N5O3S. The third-order valence-corrected chi connectivity index (χ3v) is 6.03. The number of nitrogens with one attached hydrogen (secondary N) is 1. The Morgan fingerprint density at radius 3 is 2.65 bits per heavy atom. The number of carbonyl (C=O) groups excluding carboxylic acids is 1. The number of amides is 1. The molecule has 31 heavy (non-hydrogen) atoms. The van der Waals surface area contributed by atoms with E-state index in [2.05, 4.69) is 15.3 Å². The molecule has 1 aliphatic heterocycles. The summed E-state index contributed by atoms with van der Waals surface area (Å²) in [5.74, 6) is -0.387. The van der Waals surface area contributed by atoms with Crippen molar-refractivity contribution in [3.63, 3.8) is 0 Å². The van der Waals surface area contributed by atoms with Crippen molar-refractivity contribution in [2.45, 2.75) is 0 Å². The van der Waals surface area contributed by atoms with E-state index in [-0.39, 0.29) is 17.2 Å². The van der Waals surface area contributed by atoms with Gasteiger partial charge in [0.15, 0.2) is 5.13 Å². The first-order valence-corrected chi connectivity index (χ1v) is 10.7. The summed E-state index contributed by atoms with van der Waals surface area (Å²) in [7, 11) is 0. The van der Waals surface area contributed by atoms with Gasteiger partial charge < -0.3 is 15.0 Å². The van der Waals surface area contributed by atoms with Gasteiger partial charge in [-0.2, -0.15) is 9.78 Å². The molecule has 0 bridgehead atoms. The van der Waals surface area contributed by atoms with E-state index >= 15 is 0 Å². The molecule has 8 nitrogen and oxygen atoms in total. The predicted molar refractivity (Wildman–Crippen MR) is 120 cm³/mol. The predicted octanol–water partition coefficient (Wildman–Crippen LogP) is 2.93. The quantitative estimate of drug-likeness (QED) is 0.532. The molecular weight excluding hydrogens is 414 g/mol. The van der Waals surface area contributed by atoms with Crippen LogP contribution in [-0.2, 0) is 4.74 Å². The lowest BCUT2D eigenvalue weighted by Crippen LogP contribution is -2.36. The highest BCUT2D eigenvalue weighted by atomic mass is 32.1. The third kappa shape index (κ3) is 4.05. The van der Waals surface area contributed by atoms with Gasteiger partial charge in [0.05, 0.1) is 29.1 Å². The van der Waals surface area contributed by atoms with E-state index in [0.29, 0.717) is 24.6 Å². The molecule has 0 radical (unpaired) electrons. The highest BCUT2D eigenvalue weighted by Gasteiger charge is 2.16. The molecule has 4 aromatic rings. The van der Waals surface area contributed by atoms with Gasteiger partial charge in [0.1, 0.15) is 5.69 Å². The first-order chi connectivity index (χ1) is 15.2. The van der Waals surface area contributed by atoms with Crippen LogP contribution in [-0.4, -0.2) is 47.0 Å². The summed E-state index contributed by atoms with van der Waals surface area (Å²) in [5, 5.41) is 8.05. The van der Waals surface area contributed by atoms with E-state index in [0.717, 1.165) is 28.4 Å². The fraction of sp³-hybridized carbons (Fsp3) is 0.182. The Hall–Kier alpha value is -3.56. The van der Waals surface area contributed by atoms with Crippen molar-refractivity contribution < 1.29 is 9.53 Å². The average molecular weight is 433 g/mol. The second-order valence-electron chi connectivity index (χ2n) is 7.04. The molecule has 1 N–H and O–H groups in total. The molecule has 0 aliphatic carbocycles. The number of thiazole rings is 1. The molecule has 2 aromatic heterocycles. The van der Waals surface area contributed by atoms with Gasteiger partial charge in [-0.3, -0.25) is 9.59 Å². The Morgan fingerprint density at radius 1 is 1.03 bits per heavy atom. The zero-order valence-corrected chi connectivity index (χ0v) is 17.3. The van der Waals surface area contributed by atoms with Gasteiger partial charge in [0.25, 0.3) is 11.5 Å². The Balaban J connectivity index is 1.38. The monoisotopic (exact) mass is 433 g/mol. The van der Waals surface area contributed by atoms with Crippen molar-refractivity contribution >= 4 is 38.3 Å². The molecule has 9 heteroatoms. The molecule has 0 unspecified atom stereocenters. The van der Waals surface area contributed by atoms with Gasteiger partial charge in [0.2, 0.25) is 0 Å². The van der Waals surface area contributed by atoms with Crippen LogP contribution in [0.3, 0.4) is 0 Å². The number of para-hydroxylation sites is 1. The number of rotatable bonds is 4. The Labute approximate surface area is 181 Å². The van der Waals surface area contributed by atoms with Crippen LogP contribution in [0.25, 0.3) is 15.9 Å². The van der Waals surface area contributed by atoms with Gasteiger partial charge in [-0.1, -0.05) is 29.5 Å². The summed E-state index contributed by atoms with van der Waals surface area (Å²) in [6, 6.07) is 17.4. The molecule has 0 spiro atoms. The number of hydrogen-bond donors (Lipinski definition) is 1. The zero-order chi connectivity index (χ0) is 21.2. The van der Waals surface area contributed by atoms with Gasteiger partial charge in [-0.05, 0) is 36.4 Å². The Kier molecular flexibility index (Phi) is 5.19. The van der Waals surface area contributed by atoms with Crippen molar-refractivity contribution in [1.29, 1.82) is 0 Å². The topological polar surface area (TPSA) is 89.4 Å². The highest BCUT2D eigenvalue weighted by Crippen LogP contribution is 2.31. The second-order valence-corrected chi connectivity index (χ2v) is 8.05. The Bertz CT molecular complexity index is 1300. The minimum Gasteiger partial charge on any atom is -0.378 e. The molecule has 1 amide bonds. The summed E-state index contributed by atoms with van der Waals surface area (Å²) in [5.41, 5.74) is 1.99. The van der Waals surface area contributed by atoms with Gasteiger partial charge in [0, 0.05) is 24.8 Å². The number of anilines is 2. The van der Waals surface area contributed by atoms with Crippen LogP contribution in [0.15, 0.2) is 65.5 Å². The largest absolute Gasteiger partial charge is 0.378 e. The maximum Gasteiger partial charge on any atom is 0.276 e. The van der Waals surface area contributed by atoms with Crippen molar-refractivity contribution in [3.05, 3.63) is 76.7 Å². The van der Waals surface area contributed by atoms with Crippen molar-refractivity contribution in [2.24, 2.45) is 0 Å². The van der Waals surface area contributed by atoms with Crippen LogP contribution in [0.1, 0.15) is 10.5 Å². The molecule has 1 saturated heterocycles. The smallest absolute Gasteiger partial charge is 0.276 e. The van der Waals surface area contributed by atoms with Crippen molar-refractivity contribution in [3.8, 4) is 5.69 Å². The van der Waals surface area contributed by atoms with Gasteiger partial charge in [-0.15, -0.1) is 0 Å². The first kappa shape index (κ1) is 19.4. The van der Waals surface area contributed by atoms with E-state index in [1.165, 1.54) is 16.8 Å². The van der Waals surface area contributed by atoms with Crippen molar-refractivity contribution in [2.75, 3.05) is 36.5 Å². The molecule has 0 saturated carbocycles. The van der Waals surface area contributed by atoms with Crippen LogP contribution in [0.2, 0.25) is 0 Å². The molecule has 156 valence electrons. The van der Waals surface area contributed by atoms with Gasteiger partial charge in [-0.25, -0.2) is 4.98 Å². The average Bonchev–Trinajstić information content (AvgIpc) is 3.24. The third-order valence-electron chi connectivity index (χ3n) is 4.95. The van der Waals surface area contributed by atoms with E-state index in [4.69, 9.17) is 9.72 Å². The maximum absolute atomic E-state index is 12.8. The lowest BCUT2D eigenvalue weighted by molar-refractivity contribution is 0.102. The number of fused-ring (bicyclic) bond motifs is 1. The molecule has 3 heterocycles. The van der Waals surface area contributed by atoms with Crippen LogP contribution in [0.5, 0.6) is 0 Å². The fourth-order valence-corrected chi connectivity index (χ4v) is 4.42. The van der Waals surface area contributed by atoms with Crippen LogP contribution >= 0.6 is 11.3 Å². The van der Waals surface area contributed by atoms with E-state index in [1.54, 1.807) is 23.5 Å². The first-order valence-electron chi connectivity index (χ1n) is 9.88. The SMILES string of the molecule is O=C(Nc1ccc2nc(N3CCOCC3)sc2c1)c1ccc(=O)n(-c2ccccc2)n1. The number of carbonyl (C=O) groups is 1. The Morgan fingerprint density at radius 2 is 1.84 bits per heavy atom. The molecule has 1 fully saturated rings. The number of hydrogen-bond acceptors (Lipinski definition) is 7. The van der Waals surface area contributed by atoms with Gasteiger partial charge >= 0.3 is 0 Å². The zero-order valence-electron chi connectivity index (χ0n) is 16.5. The highest BCUT2D eigenvalue weighted by molar-refractivity contribution is 7.22. The molecule has 1 aliphatic rings. The number of benzene rings is 2. The normalized spacial score (nSPS) is 14.0. The molecule has 0 atom stereocenters. The lowest BCUT2D eigenvalue weighted by atomic mass is 10.2. The van der Waals surface area contributed by atoms with Crippen LogP contribution in [0.4, 0.5) is 10.8 Å². The van der Waals surface area contributed by atoms with Crippen LogP contribution < -0.4 is 15.8 Å². The van der Waals surface area contributed by atoms with E-state index in [9.17, 15) is 9.59 Å². The standard InChI is InChI=1S/C22H19N5O3S/c28-20-9-8-18(25-27(20)16-4-2-1-3-5-16)21(29)23-15-6-7-17-19(14-15)31-22(24-17)26-10-12-30-13-11-26/h1-9,14H,10-13H2,(H,23,29). The van der Waals surface area contributed by atoms with E-state index in [1.807, 2.05) is 36.4 Å². The summed E-state index contributed by atoms with van der Waals surface area (Å²) in [4.78, 5) is 31.9. The minimum absolute atomic E-state index is 0.155. The maximum atomic E-state index is 12.8. The lowest BCUT2D eigenvalue weighted by Gasteiger charge is -2.25. The molecule has 5 rings (SSSR count). The van der Waals surface area contributed by atoms with Crippen molar-refractivity contribution in [1.82, 2.24) is 14.8 Å².